The van der Waals surface area contributed by atoms with Crippen LogP contribution in [0.1, 0.15) is 32.3 Å². The van der Waals surface area contributed by atoms with Gasteiger partial charge in [-0.25, -0.2) is 0 Å². The molecule has 0 aromatic heterocycles. The molecule has 1 atom stereocenters. The lowest BCUT2D eigenvalue weighted by Gasteiger charge is -2.22. The molecule has 2 rings (SSSR count). The van der Waals surface area contributed by atoms with Gasteiger partial charge in [-0.2, -0.15) is 0 Å². The Balaban J connectivity index is 2.19. The predicted molar refractivity (Wildman–Crippen MR) is 80.3 cm³/mol. The molecule has 3 nitrogen and oxygen atoms in total. The molecule has 20 heavy (non-hydrogen) atoms. The Morgan fingerprint density at radius 2 is 2.05 bits per heavy atom. The van der Waals surface area contributed by atoms with Crippen molar-refractivity contribution in [2.24, 2.45) is 0 Å². The minimum absolute atomic E-state index is 0.0613. The van der Waals surface area contributed by atoms with E-state index in [-0.39, 0.29) is 5.91 Å². The Kier molecular flexibility index (Phi) is 4.61. The zero-order valence-corrected chi connectivity index (χ0v) is 12.6. The summed E-state index contributed by atoms with van der Waals surface area (Å²) in [5, 5.41) is 0. The maximum absolute atomic E-state index is 12.6. The highest BCUT2D eigenvalue weighted by Crippen LogP contribution is 2.32. The Bertz CT molecular complexity index is 495. The van der Waals surface area contributed by atoms with Gasteiger partial charge in [0.2, 0.25) is 0 Å². The van der Waals surface area contributed by atoms with E-state index in [0.29, 0.717) is 13.1 Å². The van der Waals surface area contributed by atoms with Crippen molar-refractivity contribution in [3.05, 3.63) is 47.5 Å². The number of carbonyl (C=O) groups is 1. The van der Waals surface area contributed by atoms with Crippen molar-refractivity contribution in [2.45, 2.75) is 38.8 Å². The largest absolute Gasteiger partial charge is 0.364 e. The normalized spacial score (nSPS) is 24.6. The molecular weight excluding hydrogens is 250 g/mol. The molecule has 1 amide bonds. The zero-order valence-electron chi connectivity index (χ0n) is 12.6. The number of unbranched alkanes of at least 4 members (excludes halogenated alkanes) is 1. The van der Waals surface area contributed by atoms with Crippen molar-refractivity contribution >= 4 is 5.91 Å². The van der Waals surface area contributed by atoms with Gasteiger partial charge in [0.05, 0.1) is 0 Å². The second-order valence-electron chi connectivity index (χ2n) is 5.40. The summed E-state index contributed by atoms with van der Waals surface area (Å²) in [5.74, 6) is 0.0613. The third-order valence-corrected chi connectivity index (χ3v) is 3.97. The average molecular weight is 273 g/mol. The summed E-state index contributed by atoms with van der Waals surface area (Å²) in [6.07, 6.45) is 4.23. The average Bonchev–Trinajstić information content (AvgIpc) is 2.71. The smallest absolute Gasteiger partial charge is 0.259 e. The van der Waals surface area contributed by atoms with Gasteiger partial charge in [-0.15, -0.1) is 0 Å². The Hall–Kier alpha value is -1.61. The van der Waals surface area contributed by atoms with Gasteiger partial charge in [0.1, 0.15) is 0 Å². The van der Waals surface area contributed by atoms with Crippen molar-refractivity contribution in [1.29, 1.82) is 0 Å². The maximum atomic E-state index is 12.6. The maximum Gasteiger partial charge on any atom is 0.259 e. The number of hydrogen-bond acceptors (Lipinski definition) is 2. The number of hydrogen-bond donors (Lipinski definition) is 0. The first kappa shape index (κ1) is 14.8. The van der Waals surface area contributed by atoms with Crippen LogP contribution in [-0.2, 0) is 16.1 Å². The molecule has 1 unspecified atom stereocenters. The van der Waals surface area contributed by atoms with Crippen molar-refractivity contribution in [2.75, 3.05) is 13.7 Å². The summed E-state index contributed by atoms with van der Waals surface area (Å²) in [6.45, 7) is 5.32. The Morgan fingerprint density at radius 3 is 2.65 bits per heavy atom. The van der Waals surface area contributed by atoms with Crippen LogP contribution in [-0.4, -0.2) is 30.1 Å². The van der Waals surface area contributed by atoms with Gasteiger partial charge in [0.15, 0.2) is 5.60 Å². The van der Waals surface area contributed by atoms with Gasteiger partial charge in [0.25, 0.3) is 5.91 Å². The molecule has 0 radical (unpaired) electrons. The van der Waals surface area contributed by atoms with Gasteiger partial charge in [0, 0.05) is 20.2 Å². The second kappa shape index (κ2) is 6.23. The fourth-order valence-electron chi connectivity index (χ4n) is 2.60. The highest BCUT2D eigenvalue weighted by molar-refractivity contribution is 5.92. The topological polar surface area (TPSA) is 29.5 Å². The summed E-state index contributed by atoms with van der Waals surface area (Å²) in [5.41, 5.74) is 1.45. The van der Waals surface area contributed by atoms with Crippen molar-refractivity contribution in [3.63, 3.8) is 0 Å². The minimum Gasteiger partial charge on any atom is -0.364 e. The Labute approximate surface area is 121 Å². The van der Waals surface area contributed by atoms with Gasteiger partial charge in [-0.05, 0) is 24.5 Å². The summed E-state index contributed by atoms with van der Waals surface area (Å²) in [4.78, 5) is 14.5. The summed E-state index contributed by atoms with van der Waals surface area (Å²) in [7, 11) is 1.61. The SMILES string of the molecule is CCC/C=C1\CN(Cc2ccccc2)C(=O)C1(C)OC. The van der Waals surface area contributed by atoms with Crippen LogP contribution in [0.15, 0.2) is 42.0 Å². The number of carbonyl (C=O) groups excluding carboxylic acids is 1. The van der Waals surface area contributed by atoms with Gasteiger partial charge in [-0.3, -0.25) is 4.79 Å². The molecule has 1 aliphatic heterocycles. The van der Waals surface area contributed by atoms with E-state index in [0.717, 1.165) is 24.0 Å². The summed E-state index contributed by atoms with van der Waals surface area (Å²) >= 11 is 0. The molecule has 1 heterocycles. The number of likely N-dealkylation sites (tertiary alicyclic amines) is 1. The third kappa shape index (κ3) is 2.78. The van der Waals surface area contributed by atoms with E-state index in [1.807, 2.05) is 42.2 Å². The molecule has 0 aliphatic carbocycles. The number of amides is 1. The van der Waals surface area contributed by atoms with Crippen LogP contribution in [0.4, 0.5) is 0 Å². The van der Waals surface area contributed by atoms with Crippen LogP contribution in [0.2, 0.25) is 0 Å². The van der Waals surface area contributed by atoms with Crippen LogP contribution in [0.3, 0.4) is 0 Å². The predicted octanol–water partition coefficient (Wildman–Crippen LogP) is 3.16. The molecule has 0 bridgehead atoms. The molecule has 0 N–H and O–H groups in total. The minimum atomic E-state index is -0.788. The molecule has 1 aromatic rings. The van der Waals surface area contributed by atoms with Crippen molar-refractivity contribution in [1.82, 2.24) is 4.90 Å². The first-order valence-corrected chi connectivity index (χ1v) is 7.19. The van der Waals surface area contributed by atoms with E-state index in [2.05, 4.69) is 13.0 Å². The number of ether oxygens (including phenoxy) is 1. The lowest BCUT2D eigenvalue weighted by atomic mass is 9.97. The number of rotatable bonds is 5. The monoisotopic (exact) mass is 273 g/mol. The van der Waals surface area contributed by atoms with Crippen LogP contribution >= 0.6 is 0 Å². The lowest BCUT2D eigenvalue weighted by molar-refractivity contribution is -0.143. The fraction of sp³-hybridized carbons (Fsp3) is 0.471. The quantitative estimate of drug-likeness (QED) is 0.771. The van der Waals surface area contributed by atoms with Crippen LogP contribution < -0.4 is 0 Å². The van der Waals surface area contributed by atoms with Crippen LogP contribution in [0.5, 0.6) is 0 Å². The number of nitrogens with zero attached hydrogens (tertiary/aromatic N) is 1. The summed E-state index contributed by atoms with van der Waals surface area (Å²) < 4.78 is 5.53. The number of allylic oxidation sites excluding steroid dienone is 1. The van der Waals surface area contributed by atoms with Crippen LogP contribution in [0.25, 0.3) is 0 Å². The highest BCUT2D eigenvalue weighted by atomic mass is 16.5. The molecule has 1 aliphatic rings. The van der Waals surface area contributed by atoms with Gasteiger partial charge in [-0.1, -0.05) is 49.8 Å². The van der Waals surface area contributed by atoms with E-state index in [4.69, 9.17) is 4.74 Å². The van der Waals surface area contributed by atoms with Gasteiger partial charge >= 0.3 is 0 Å². The van der Waals surface area contributed by atoms with E-state index in [9.17, 15) is 4.79 Å². The molecular formula is C17H23NO2. The molecule has 0 spiro atoms. The molecule has 1 fully saturated rings. The van der Waals surface area contributed by atoms with Crippen molar-refractivity contribution in [3.8, 4) is 0 Å². The van der Waals surface area contributed by atoms with E-state index in [1.165, 1.54) is 0 Å². The summed E-state index contributed by atoms with van der Waals surface area (Å²) in [6, 6.07) is 10.1. The van der Waals surface area contributed by atoms with Gasteiger partial charge < -0.3 is 9.64 Å². The number of benzene rings is 1. The Morgan fingerprint density at radius 1 is 1.35 bits per heavy atom. The molecule has 108 valence electrons. The molecule has 1 aromatic carbocycles. The molecule has 0 saturated carbocycles. The van der Waals surface area contributed by atoms with E-state index in [1.54, 1.807) is 7.11 Å². The van der Waals surface area contributed by atoms with Crippen molar-refractivity contribution < 1.29 is 9.53 Å². The number of methoxy groups -OCH3 is 1. The van der Waals surface area contributed by atoms with Crippen LogP contribution in [0, 0.1) is 0 Å². The standard InChI is InChI=1S/C17H23NO2/c1-4-5-11-15-13-18(16(19)17(15,2)20-3)12-14-9-7-6-8-10-14/h6-11H,4-5,12-13H2,1-3H3/b15-11+. The molecule has 1 saturated heterocycles. The first-order valence-electron chi connectivity index (χ1n) is 7.19. The second-order valence-corrected chi connectivity index (χ2v) is 5.40. The fourth-order valence-corrected chi connectivity index (χ4v) is 2.60. The van der Waals surface area contributed by atoms with E-state index < -0.39 is 5.60 Å². The first-order chi connectivity index (χ1) is 9.61. The lowest BCUT2D eigenvalue weighted by Crippen LogP contribution is -2.39. The zero-order chi connectivity index (χ0) is 14.6. The van der Waals surface area contributed by atoms with E-state index >= 15 is 0 Å². The molecule has 3 heteroatoms. The highest BCUT2D eigenvalue weighted by Gasteiger charge is 2.46. The third-order valence-electron chi connectivity index (χ3n) is 3.97.